The predicted octanol–water partition coefficient (Wildman–Crippen LogP) is 4.98. The number of rotatable bonds is 5. The van der Waals surface area contributed by atoms with Crippen molar-refractivity contribution in [3.63, 3.8) is 0 Å². The molecule has 1 fully saturated rings. The molecule has 0 radical (unpaired) electrons. The lowest BCUT2D eigenvalue weighted by Gasteiger charge is -2.42. The van der Waals surface area contributed by atoms with Crippen molar-refractivity contribution in [2.24, 2.45) is 5.92 Å². The molecule has 23 heavy (non-hydrogen) atoms. The van der Waals surface area contributed by atoms with Crippen LogP contribution in [0, 0.1) is 5.92 Å². The summed E-state index contributed by atoms with van der Waals surface area (Å²) in [7, 11) is -1.74. The second-order valence-corrected chi connectivity index (χ2v) is 13.0. The van der Waals surface area contributed by atoms with Crippen LogP contribution < -0.4 is 0 Å². The van der Waals surface area contributed by atoms with Crippen LogP contribution >= 0.6 is 0 Å². The van der Waals surface area contributed by atoms with Crippen LogP contribution in [-0.2, 0) is 20.5 Å². The van der Waals surface area contributed by atoms with E-state index in [1.165, 1.54) is 5.56 Å². The Morgan fingerprint density at radius 3 is 2.39 bits per heavy atom. The summed E-state index contributed by atoms with van der Waals surface area (Å²) in [5.41, 5.74) is 1.18. The molecule has 0 aliphatic carbocycles. The Bertz CT molecular complexity index is 481. The van der Waals surface area contributed by atoms with Crippen molar-refractivity contribution in [2.75, 3.05) is 6.61 Å². The van der Waals surface area contributed by atoms with Crippen LogP contribution in [0.5, 0.6) is 0 Å². The average molecular weight is 337 g/mol. The first-order chi connectivity index (χ1) is 10.7. The Balaban J connectivity index is 1.83. The van der Waals surface area contributed by atoms with Crippen LogP contribution in [0.1, 0.15) is 39.7 Å². The Kier molecular flexibility index (Phi) is 6.06. The molecule has 1 aliphatic rings. The Morgan fingerprint density at radius 1 is 1.17 bits per heavy atom. The van der Waals surface area contributed by atoms with Crippen molar-refractivity contribution in [1.29, 1.82) is 0 Å². The summed E-state index contributed by atoms with van der Waals surface area (Å²) in [4.78, 5) is 0. The maximum Gasteiger partial charge on any atom is 0.192 e. The summed E-state index contributed by atoms with van der Waals surface area (Å²) in [6.45, 7) is 14.9. The fraction of sp³-hybridized carbons (Fsp3) is 0.684. The summed E-state index contributed by atoms with van der Waals surface area (Å²) in [6, 6.07) is 10.2. The van der Waals surface area contributed by atoms with Crippen molar-refractivity contribution in [2.45, 2.75) is 71.2 Å². The number of hydrogen-bond donors (Lipinski definition) is 0. The van der Waals surface area contributed by atoms with E-state index in [4.69, 9.17) is 13.9 Å². The maximum atomic E-state index is 6.48. The van der Waals surface area contributed by atoms with Gasteiger partial charge in [0.1, 0.15) is 0 Å². The fourth-order valence-electron chi connectivity index (χ4n) is 2.60. The lowest BCUT2D eigenvalue weighted by molar-refractivity contribution is -0.215. The summed E-state index contributed by atoms with van der Waals surface area (Å²) in [5.74, 6) is 0.349. The molecule has 1 aromatic rings. The highest BCUT2D eigenvalue weighted by atomic mass is 28.4. The molecule has 1 aliphatic heterocycles. The van der Waals surface area contributed by atoms with E-state index in [0.29, 0.717) is 19.1 Å². The van der Waals surface area contributed by atoms with Gasteiger partial charge in [-0.05, 0) is 30.1 Å². The van der Waals surface area contributed by atoms with Gasteiger partial charge < -0.3 is 13.9 Å². The predicted molar refractivity (Wildman–Crippen MR) is 96.8 cm³/mol. The molecule has 4 heteroatoms. The molecular weight excluding hydrogens is 304 g/mol. The van der Waals surface area contributed by atoms with Gasteiger partial charge in [0, 0.05) is 5.92 Å². The van der Waals surface area contributed by atoms with E-state index in [9.17, 15) is 0 Å². The smallest absolute Gasteiger partial charge is 0.192 e. The van der Waals surface area contributed by atoms with E-state index in [-0.39, 0.29) is 17.4 Å². The largest absolute Gasteiger partial charge is 0.412 e. The molecular formula is C19H32O3Si. The molecule has 1 aromatic carbocycles. The molecule has 3 nitrogen and oxygen atoms in total. The molecule has 0 unspecified atom stereocenters. The van der Waals surface area contributed by atoms with Gasteiger partial charge in [0.25, 0.3) is 0 Å². The van der Waals surface area contributed by atoms with Crippen LogP contribution in [0.3, 0.4) is 0 Å². The molecule has 0 bridgehead atoms. The Morgan fingerprint density at radius 2 is 1.83 bits per heavy atom. The molecule has 3 atom stereocenters. The normalized spacial score (nSPS) is 26.3. The van der Waals surface area contributed by atoms with Crippen molar-refractivity contribution in [3.05, 3.63) is 35.9 Å². The summed E-state index contributed by atoms with van der Waals surface area (Å²) >= 11 is 0. The molecule has 1 saturated heterocycles. The highest BCUT2D eigenvalue weighted by molar-refractivity contribution is 6.74. The van der Waals surface area contributed by atoms with Gasteiger partial charge in [-0.25, -0.2) is 0 Å². The monoisotopic (exact) mass is 336 g/mol. The van der Waals surface area contributed by atoms with Crippen molar-refractivity contribution < 1.29 is 13.9 Å². The van der Waals surface area contributed by atoms with Gasteiger partial charge in [0.05, 0.1) is 19.3 Å². The van der Waals surface area contributed by atoms with E-state index >= 15 is 0 Å². The van der Waals surface area contributed by atoms with E-state index in [2.05, 4.69) is 52.9 Å². The minimum atomic E-state index is -1.74. The minimum absolute atomic E-state index is 0.130. The zero-order chi connectivity index (χ0) is 17.1. The van der Waals surface area contributed by atoms with Gasteiger partial charge in [-0.15, -0.1) is 0 Å². The van der Waals surface area contributed by atoms with Crippen molar-refractivity contribution in [1.82, 2.24) is 0 Å². The molecule has 130 valence electrons. The summed E-state index contributed by atoms with van der Waals surface area (Å²) in [6.07, 6.45) is 1.07. The molecule has 1 heterocycles. The van der Waals surface area contributed by atoms with Crippen molar-refractivity contribution >= 4 is 8.32 Å². The summed E-state index contributed by atoms with van der Waals surface area (Å²) in [5, 5.41) is 0.233. The zero-order valence-electron chi connectivity index (χ0n) is 15.5. The van der Waals surface area contributed by atoms with Gasteiger partial charge in [-0.1, -0.05) is 58.0 Å². The molecule has 0 aromatic heterocycles. The quantitative estimate of drug-likeness (QED) is 0.710. The number of benzene rings is 1. The molecule has 0 spiro atoms. The average Bonchev–Trinajstić information content (AvgIpc) is 2.46. The van der Waals surface area contributed by atoms with Crippen LogP contribution in [-0.4, -0.2) is 27.3 Å². The van der Waals surface area contributed by atoms with E-state index < -0.39 is 8.32 Å². The maximum absolute atomic E-state index is 6.48. The van der Waals surface area contributed by atoms with Gasteiger partial charge in [-0.2, -0.15) is 0 Å². The van der Waals surface area contributed by atoms with Gasteiger partial charge in [-0.3, -0.25) is 0 Å². The van der Waals surface area contributed by atoms with E-state index in [1.54, 1.807) is 0 Å². The van der Waals surface area contributed by atoms with Crippen LogP contribution in [0.2, 0.25) is 18.1 Å². The second-order valence-electron chi connectivity index (χ2n) is 8.21. The molecule has 0 saturated carbocycles. The summed E-state index contributed by atoms with van der Waals surface area (Å²) < 4.78 is 18.4. The second kappa shape index (κ2) is 7.47. The first-order valence-corrected chi connectivity index (χ1v) is 11.5. The number of ether oxygens (including phenoxy) is 2. The zero-order valence-corrected chi connectivity index (χ0v) is 16.5. The highest BCUT2D eigenvalue weighted by Gasteiger charge is 2.41. The SMILES string of the molecule is C[C@H]1C[C@H](O[Si](C)(C)C(C)(C)C)CO[C@@H]1OCc1ccccc1. The van der Waals surface area contributed by atoms with Crippen LogP contribution in [0.25, 0.3) is 0 Å². The third kappa shape index (κ3) is 5.15. The molecule has 0 amide bonds. The van der Waals surface area contributed by atoms with Gasteiger partial charge in [0.2, 0.25) is 0 Å². The third-order valence-electron chi connectivity index (χ3n) is 5.07. The van der Waals surface area contributed by atoms with Crippen LogP contribution in [0.4, 0.5) is 0 Å². The first kappa shape index (κ1) is 18.7. The Labute approximate surface area is 142 Å². The topological polar surface area (TPSA) is 27.7 Å². The van der Waals surface area contributed by atoms with E-state index in [0.717, 1.165) is 6.42 Å². The Hall–Kier alpha value is -0.683. The third-order valence-corrected chi connectivity index (χ3v) is 9.61. The number of hydrogen-bond acceptors (Lipinski definition) is 3. The standard InChI is InChI=1S/C19H32O3Si/c1-15-12-17(22-23(5,6)19(2,3)4)14-21-18(15)20-13-16-10-8-7-9-11-16/h7-11,15,17-18H,12-14H2,1-6H3/t15-,17-,18-/m0/s1. The van der Waals surface area contributed by atoms with Crippen molar-refractivity contribution in [3.8, 4) is 0 Å². The molecule has 2 rings (SSSR count). The lowest BCUT2D eigenvalue weighted by Crippen LogP contribution is -2.48. The highest BCUT2D eigenvalue weighted by Crippen LogP contribution is 2.39. The first-order valence-electron chi connectivity index (χ1n) is 8.64. The molecule has 0 N–H and O–H groups in total. The fourth-order valence-corrected chi connectivity index (χ4v) is 3.95. The van der Waals surface area contributed by atoms with Gasteiger partial charge >= 0.3 is 0 Å². The minimum Gasteiger partial charge on any atom is -0.412 e. The lowest BCUT2D eigenvalue weighted by atomic mass is 10.0. The van der Waals surface area contributed by atoms with Gasteiger partial charge in [0.15, 0.2) is 14.6 Å². The van der Waals surface area contributed by atoms with E-state index in [1.807, 2.05) is 18.2 Å². The van der Waals surface area contributed by atoms with Crippen LogP contribution in [0.15, 0.2) is 30.3 Å².